The number of fused-ring (bicyclic) bond motifs is 1. The van der Waals surface area contributed by atoms with Gasteiger partial charge in [-0.2, -0.15) is 0 Å². The van der Waals surface area contributed by atoms with Crippen LogP contribution in [0.5, 0.6) is 0 Å². The first-order valence-electron chi connectivity index (χ1n) is 8.42. The molecule has 24 heavy (non-hydrogen) atoms. The number of carbonyl (C=O) groups is 2. The minimum Gasteiger partial charge on any atom is -0.452 e. The number of benzene rings is 1. The quantitative estimate of drug-likeness (QED) is 0.562. The molecule has 0 unspecified atom stereocenters. The average molecular weight is 332 g/mol. The fourth-order valence-corrected chi connectivity index (χ4v) is 2.38. The van der Waals surface area contributed by atoms with Crippen molar-refractivity contribution in [3.05, 3.63) is 23.8 Å². The first-order chi connectivity index (χ1) is 11.7. The molecule has 0 radical (unpaired) electrons. The van der Waals surface area contributed by atoms with E-state index in [1.165, 1.54) is 0 Å². The molecule has 0 fully saturated rings. The summed E-state index contributed by atoms with van der Waals surface area (Å²) in [5, 5.41) is 10.8. The van der Waals surface area contributed by atoms with Crippen LogP contribution in [0, 0.1) is 0 Å². The fourth-order valence-electron chi connectivity index (χ4n) is 2.38. The van der Waals surface area contributed by atoms with Gasteiger partial charge in [-0.05, 0) is 31.5 Å². The Kier molecular flexibility index (Phi) is 6.72. The maximum atomic E-state index is 12.0. The van der Waals surface area contributed by atoms with Crippen molar-refractivity contribution >= 4 is 22.9 Å². The molecule has 0 saturated carbocycles. The van der Waals surface area contributed by atoms with Gasteiger partial charge in [0.1, 0.15) is 5.52 Å². The monoisotopic (exact) mass is 332 g/mol. The number of carbonyl (C=O) groups excluding carboxylic acids is 2. The lowest BCUT2D eigenvalue weighted by Crippen LogP contribution is -2.29. The van der Waals surface area contributed by atoms with Gasteiger partial charge in [0, 0.05) is 13.1 Å². The number of unbranched alkanes of at least 4 members (excludes halogenated alkanes) is 3. The molecule has 0 aliphatic heterocycles. The van der Waals surface area contributed by atoms with E-state index >= 15 is 0 Å². The predicted octanol–water partition coefficient (Wildman–Crippen LogP) is 2.30. The second-order valence-electron chi connectivity index (χ2n) is 5.60. The highest BCUT2D eigenvalue weighted by molar-refractivity contribution is 5.94. The van der Waals surface area contributed by atoms with Crippen molar-refractivity contribution in [1.29, 1.82) is 0 Å². The van der Waals surface area contributed by atoms with E-state index < -0.39 is 5.97 Å². The highest BCUT2D eigenvalue weighted by atomic mass is 16.5. The van der Waals surface area contributed by atoms with E-state index in [9.17, 15) is 9.59 Å². The van der Waals surface area contributed by atoms with Gasteiger partial charge in [-0.15, -0.1) is 5.10 Å². The standard InChI is InChI=1S/C17H24N4O3/c1-3-5-6-7-10-18-16(22)12-24-17(23)13-8-9-15-14(11-13)19-20-21(15)4-2/h8-9,11H,3-7,10,12H2,1-2H3,(H,18,22). The van der Waals surface area contributed by atoms with E-state index in [0.29, 0.717) is 24.2 Å². The molecule has 2 aromatic rings. The van der Waals surface area contributed by atoms with Gasteiger partial charge in [0.05, 0.1) is 11.1 Å². The predicted molar refractivity (Wildman–Crippen MR) is 90.6 cm³/mol. The van der Waals surface area contributed by atoms with Gasteiger partial charge in [-0.25, -0.2) is 9.48 Å². The molecule has 1 amide bonds. The SMILES string of the molecule is CCCCCCNC(=O)COC(=O)c1ccc2c(c1)nnn2CC. The van der Waals surface area contributed by atoms with Crippen molar-refractivity contribution < 1.29 is 14.3 Å². The molecule has 7 nitrogen and oxygen atoms in total. The highest BCUT2D eigenvalue weighted by Gasteiger charge is 2.12. The molecule has 0 atom stereocenters. The Labute approximate surface area is 141 Å². The van der Waals surface area contributed by atoms with E-state index in [0.717, 1.165) is 31.2 Å². The van der Waals surface area contributed by atoms with Crippen LogP contribution in [0.2, 0.25) is 0 Å². The van der Waals surface area contributed by atoms with Crippen molar-refractivity contribution in [2.45, 2.75) is 46.1 Å². The molecule has 2 rings (SSSR count). The second-order valence-corrected chi connectivity index (χ2v) is 5.60. The van der Waals surface area contributed by atoms with E-state index in [-0.39, 0.29) is 12.5 Å². The van der Waals surface area contributed by atoms with Crippen LogP contribution in [0.25, 0.3) is 11.0 Å². The smallest absolute Gasteiger partial charge is 0.338 e. The van der Waals surface area contributed by atoms with Crippen LogP contribution in [0.3, 0.4) is 0 Å². The zero-order valence-corrected chi connectivity index (χ0v) is 14.2. The average Bonchev–Trinajstić information content (AvgIpc) is 3.01. The summed E-state index contributed by atoms with van der Waals surface area (Å²) in [4.78, 5) is 23.7. The van der Waals surface area contributed by atoms with Crippen molar-refractivity contribution in [3.63, 3.8) is 0 Å². The molecule has 0 aliphatic rings. The van der Waals surface area contributed by atoms with Crippen LogP contribution in [0.15, 0.2) is 18.2 Å². The van der Waals surface area contributed by atoms with Crippen LogP contribution in [0.1, 0.15) is 49.9 Å². The van der Waals surface area contributed by atoms with Gasteiger partial charge in [-0.1, -0.05) is 31.4 Å². The minimum absolute atomic E-state index is 0.272. The number of aryl methyl sites for hydroxylation is 1. The Morgan fingerprint density at radius 1 is 1.21 bits per heavy atom. The molecule has 0 bridgehead atoms. The number of hydrogen-bond donors (Lipinski definition) is 1. The van der Waals surface area contributed by atoms with E-state index in [2.05, 4.69) is 22.6 Å². The molecule has 0 saturated heterocycles. The first kappa shape index (κ1) is 17.9. The minimum atomic E-state index is -0.538. The van der Waals surface area contributed by atoms with E-state index in [4.69, 9.17) is 4.74 Å². The summed E-state index contributed by atoms with van der Waals surface area (Å²) >= 11 is 0. The summed E-state index contributed by atoms with van der Waals surface area (Å²) in [6.45, 7) is 5.16. The van der Waals surface area contributed by atoms with Crippen molar-refractivity contribution in [1.82, 2.24) is 20.3 Å². The Balaban J connectivity index is 1.81. The largest absolute Gasteiger partial charge is 0.452 e. The number of esters is 1. The molecule has 130 valence electrons. The van der Waals surface area contributed by atoms with Crippen LogP contribution < -0.4 is 5.32 Å². The third-order valence-electron chi connectivity index (χ3n) is 3.74. The van der Waals surface area contributed by atoms with Gasteiger partial charge in [-0.3, -0.25) is 4.79 Å². The number of nitrogens with one attached hydrogen (secondary N) is 1. The van der Waals surface area contributed by atoms with Crippen LogP contribution in [-0.4, -0.2) is 40.0 Å². The second kappa shape index (κ2) is 9.00. The topological polar surface area (TPSA) is 86.1 Å². The lowest BCUT2D eigenvalue weighted by atomic mass is 10.2. The maximum absolute atomic E-state index is 12.0. The molecular weight excluding hydrogens is 308 g/mol. The van der Waals surface area contributed by atoms with Gasteiger partial charge < -0.3 is 10.1 Å². The third-order valence-corrected chi connectivity index (χ3v) is 3.74. The molecular formula is C17H24N4O3. The highest BCUT2D eigenvalue weighted by Crippen LogP contribution is 2.14. The normalized spacial score (nSPS) is 10.8. The molecule has 7 heteroatoms. The number of nitrogens with zero attached hydrogens (tertiary/aromatic N) is 3. The maximum Gasteiger partial charge on any atom is 0.338 e. The zero-order valence-electron chi connectivity index (χ0n) is 14.2. The number of amides is 1. The lowest BCUT2D eigenvalue weighted by Gasteiger charge is -2.06. The van der Waals surface area contributed by atoms with Gasteiger partial charge in [0.25, 0.3) is 5.91 Å². The summed E-state index contributed by atoms with van der Waals surface area (Å²) in [5.41, 5.74) is 1.85. The molecule has 0 aliphatic carbocycles. The Morgan fingerprint density at radius 3 is 2.79 bits per heavy atom. The molecule has 1 aromatic carbocycles. The summed E-state index contributed by atoms with van der Waals surface area (Å²) in [6.07, 6.45) is 4.35. The zero-order chi connectivity index (χ0) is 17.4. The third kappa shape index (κ3) is 4.78. The van der Waals surface area contributed by atoms with Gasteiger partial charge in [0.2, 0.25) is 0 Å². The van der Waals surface area contributed by atoms with E-state index in [1.54, 1.807) is 22.9 Å². The summed E-state index contributed by atoms with van der Waals surface area (Å²) < 4.78 is 6.79. The Bertz CT molecular complexity index is 696. The molecule has 1 aromatic heterocycles. The summed E-state index contributed by atoms with van der Waals surface area (Å²) in [7, 11) is 0. The van der Waals surface area contributed by atoms with Crippen molar-refractivity contribution in [2.24, 2.45) is 0 Å². The van der Waals surface area contributed by atoms with E-state index in [1.807, 2.05) is 6.92 Å². The summed E-state index contributed by atoms with van der Waals surface area (Å²) in [5.74, 6) is -0.818. The van der Waals surface area contributed by atoms with Gasteiger partial charge >= 0.3 is 5.97 Å². The Hall–Kier alpha value is -2.44. The number of aromatic nitrogens is 3. The lowest BCUT2D eigenvalue weighted by molar-refractivity contribution is -0.124. The van der Waals surface area contributed by atoms with Crippen LogP contribution >= 0.6 is 0 Å². The number of ether oxygens (including phenoxy) is 1. The molecule has 0 spiro atoms. The fraction of sp³-hybridized carbons (Fsp3) is 0.529. The first-order valence-corrected chi connectivity index (χ1v) is 8.42. The molecule has 1 heterocycles. The number of hydrogen-bond acceptors (Lipinski definition) is 5. The Morgan fingerprint density at radius 2 is 2.04 bits per heavy atom. The van der Waals surface area contributed by atoms with Crippen LogP contribution in [0.4, 0.5) is 0 Å². The number of rotatable bonds is 9. The van der Waals surface area contributed by atoms with Crippen molar-refractivity contribution in [2.75, 3.05) is 13.2 Å². The van der Waals surface area contributed by atoms with Gasteiger partial charge in [0.15, 0.2) is 6.61 Å². The van der Waals surface area contributed by atoms with Crippen molar-refractivity contribution in [3.8, 4) is 0 Å². The summed E-state index contributed by atoms with van der Waals surface area (Å²) in [6, 6.07) is 5.06. The molecule has 1 N–H and O–H groups in total. The van der Waals surface area contributed by atoms with Crippen LogP contribution in [-0.2, 0) is 16.1 Å².